The summed E-state index contributed by atoms with van der Waals surface area (Å²) in [5.41, 5.74) is 0.303. The fourth-order valence-corrected chi connectivity index (χ4v) is 2.55. The van der Waals surface area contributed by atoms with Gasteiger partial charge in [0.05, 0.1) is 0 Å². The Bertz CT molecular complexity index is 558. The Labute approximate surface area is 187 Å². The number of amides is 1. The molecule has 3 N–H and O–H groups in total. The van der Waals surface area contributed by atoms with Gasteiger partial charge in [0.15, 0.2) is 0 Å². The van der Waals surface area contributed by atoms with E-state index in [1.165, 1.54) is 49.3 Å². The first-order valence-corrected chi connectivity index (χ1v) is 11.3. The molecule has 0 radical (unpaired) electrons. The molecule has 0 fully saturated rings. The van der Waals surface area contributed by atoms with Gasteiger partial charge < -0.3 is 20.4 Å². The minimum absolute atomic E-state index is 0.263. The minimum Gasteiger partial charge on any atom is -0.478 e. The van der Waals surface area contributed by atoms with Crippen molar-refractivity contribution in [1.29, 1.82) is 0 Å². The second kappa shape index (κ2) is 22.3. The molecular weight excluding hydrogens is 396 g/mol. The van der Waals surface area contributed by atoms with E-state index in [-0.39, 0.29) is 5.91 Å². The summed E-state index contributed by atoms with van der Waals surface area (Å²) in [6.45, 7) is 13.6. The third-order valence-electron chi connectivity index (χ3n) is 4.45. The van der Waals surface area contributed by atoms with Gasteiger partial charge in [-0.15, -0.1) is 0 Å². The number of carbonyl (C=O) groups excluding carboxylic acids is 1. The van der Waals surface area contributed by atoms with Crippen LogP contribution in [0.1, 0.15) is 78.1 Å². The van der Waals surface area contributed by atoms with E-state index in [0.717, 1.165) is 44.8 Å². The number of carboxylic acid groups (broad SMARTS) is 2. The number of hydrogen-bond acceptors (Lipinski definition) is 4. The van der Waals surface area contributed by atoms with E-state index in [2.05, 4.69) is 32.3 Å². The van der Waals surface area contributed by atoms with Crippen molar-refractivity contribution in [2.45, 2.75) is 78.1 Å². The van der Waals surface area contributed by atoms with E-state index < -0.39 is 11.9 Å². The second-order valence-electron chi connectivity index (χ2n) is 7.27. The van der Waals surface area contributed by atoms with Crippen molar-refractivity contribution in [2.75, 3.05) is 19.6 Å². The highest BCUT2D eigenvalue weighted by molar-refractivity contribution is 5.89. The number of carbonyl (C=O) groups is 3. The highest BCUT2D eigenvalue weighted by atomic mass is 16.4. The maximum Gasteiger partial charge on any atom is 0.330 e. The molecule has 0 aromatic heterocycles. The molecule has 0 aromatic rings. The van der Waals surface area contributed by atoms with Gasteiger partial charge in [-0.25, -0.2) is 9.59 Å². The van der Waals surface area contributed by atoms with Crippen molar-refractivity contribution in [1.82, 2.24) is 10.2 Å². The van der Waals surface area contributed by atoms with Crippen LogP contribution in [-0.2, 0) is 14.4 Å². The Kier molecular flexibility index (Phi) is 22.1. The quantitative estimate of drug-likeness (QED) is 0.210. The highest BCUT2D eigenvalue weighted by Crippen LogP contribution is 2.06. The molecule has 0 unspecified atom stereocenters. The van der Waals surface area contributed by atoms with Gasteiger partial charge in [0.25, 0.3) is 0 Å². The van der Waals surface area contributed by atoms with E-state index >= 15 is 0 Å². The number of carboxylic acids is 2. The lowest BCUT2D eigenvalue weighted by Crippen LogP contribution is -2.25. The average Bonchev–Trinajstić information content (AvgIpc) is 2.74. The normalized spacial score (nSPS) is 10.3. The van der Waals surface area contributed by atoms with Crippen LogP contribution in [-0.4, -0.2) is 52.6 Å². The number of nitrogens with zero attached hydrogens (tertiary/aromatic N) is 1. The summed E-state index contributed by atoms with van der Waals surface area (Å²) in [4.78, 5) is 33.6. The van der Waals surface area contributed by atoms with Crippen molar-refractivity contribution in [3.05, 3.63) is 37.1 Å². The molecule has 0 spiro atoms. The van der Waals surface area contributed by atoms with Crippen molar-refractivity contribution >= 4 is 17.8 Å². The number of nitrogens with one attached hydrogen (secondary N) is 1. The lowest BCUT2D eigenvalue weighted by atomic mass is 10.1. The summed E-state index contributed by atoms with van der Waals surface area (Å²) in [7, 11) is 0. The molecule has 0 aliphatic carbocycles. The first-order valence-electron chi connectivity index (χ1n) is 11.3. The number of rotatable bonds is 18. The van der Waals surface area contributed by atoms with Gasteiger partial charge in [-0.1, -0.05) is 65.5 Å². The van der Waals surface area contributed by atoms with Gasteiger partial charge in [0.1, 0.15) is 0 Å². The van der Waals surface area contributed by atoms with Crippen LogP contribution in [0.3, 0.4) is 0 Å². The molecule has 0 heterocycles. The standard InChI is InChI=1S/C14H23NO3.C10H19NO2/c1-3-5-6-7-8-9-11-15(13(16)4-2)12-10-14(17)18;1-3-4-7-11-8-5-6-9(2)10(12)13/h4,10,12H,2-3,5-9,11H2,1H3,(H,17,18);11H,2-8H2,1H3,(H,12,13). The van der Waals surface area contributed by atoms with Crippen molar-refractivity contribution in [3.63, 3.8) is 0 Å². The molecule has 178 valence electrons. The van der Waals surface area contributed by atoms with Crippen LogP contribution in [0.2, 0.25) is 0 Å². The average molecular weight is 439 g/mol. The Hall–Kier alpha value is -2.41. The van der Waals surface area contributed by atoms with Gasteiger partial charge >= 0.3 is 11.9 Å². The Morgan fingerprint density at radius 1 is 0.903 bits per heavy atom. The monoisotopic (exact) mass is 438 g/mol. The molecule has 0 bridgehead atoms. The van der Waals surface area contributed by atoms with E-state index in [4.69, 9.17) is 10.2 Å². The predicted octanol–water partition coefficient (Wildman–Crippen LogP) is 4.76. The lowest BCUT2D eigenvalue weighted by Gasteiger charge is -2.15. The molecule has 0 rings (SSSR count). The number of hydrogen-bond donors (Lipinski definition) is 3. The maximum atomic E-state index is 11.5. The van der Waals surface area contributed by atoms with E-state index in [0.29, 0.717) is 18.5 Å². The van der Waals surface area contributed by atoms with Crippen LogP contribution in [0.4, 0.5) is 0 Å². The Morgan fingerprint density at radius 2 is 1.48 bits per heavy atom. The highest BCUT2D eigenvalue weighted by Gasteiger charge is 2.06. The van der Waals surface area contributed by atoms with E-state index in [9.17, 15) is 14.4 Å². The molecule has 1 amide bonds. The zero-order chi connectivity index (χ0) is 23.9. The minimum atomic E-state index is -1.06. The molecule has 0 saturated carbocycles. The van der Waals surface area contributed by atoms with Crippen molar-refractivity contribution in [3.8, 4) is 0 Å². The molecule has 0 aliphatic heterocycles. The zero-order valence-electron chi connectivity index (χ0n) is 19.4. The summed E-state index contributed by atoms with van der Waals surface area (Å²) < 4.78 is 0. The summed E-state index contributed by atoms with van der Waals surface area (Å²) in [6, 6.07) is 0. The lowest BCUT2D eigenvalue weighted by molar-refractivity contribution is -0.133. The van der Waals surface area contributed by atoms with Crippen LogP contribution in [0, 0.1) is 0 Å². The molecule has 31 heavy (non-hydrogen) atoms. The first kappa shape index (κ1) is 30.8. The van der Waals surface area contributed by atoms with Gasteiger partial charge in [-0.05, 0) is 44.8 Å². The molecule has 0 aromatic carbocycles. The summed E-state index contributed by atoms with van der Waals surface area (Å²) in [5, 5.41) is 20.3. The Balaban J connectivity index is 0. The summed E-state index contributed by atoms with van der Waals surface area (Å²) in [5.74, 6) is -2.20. The largest absolute Gasteiger partial charge is 0.478 e. The summed E-state index contributed by atoms with van der Waals surface area (Å²) >= 11 is 0. The van der Waals surface area contributed by atoms with Crippen LogP contribution in [0.25, 0.3) is 0 Å². The number of unbranched alkanes of at least 4 members (excludes halogenated alkanes) is 6. The Morgan fingerprint density at radius 3 is 2.03 bits per heavy atom. The van der Waals surface area contributed by atoms with E-state index in [1.54, 1.807) is 0 Å². The SMILES string of the molecule is C=C(CCCNCCCC)C(=O)O.C=CC(=O)N(C=CC(=O)O)CCCCCCCC. The van der Waals surface area contributed by atoms with Crippen LogP contribution in [0.5, 0.6) is 0 Å². The topological polar surface area (TPSA) is 107 Å². The smallest absolute Gasteiger partial charge is 0.330 e. The molecule has 0 atom stereocenters. The van der Waals surface area contributed by atoms with Crippen LogP contribution < -0.4 is 5.32 Å². The maximum absolute atomic E-state index is 11.5. The fraction of sp³-hybridized carbons (Fsp3) is 0.625. The summed E-state index contributed by atoms with van der Waals surface area (Å²) in [6.07, 6.45) is 14.0. The fourth-order valence-electron chi connectivity index (χ4n) is 2.55. The molecule has 0 aliphatic rings. The first-order chi connectivity index (χ1) is 14.8. The second-order valence-corrected chi connectivity index (χ2v) is 7.27. The molecular formula is C24H42N2O5. The number of aliphatic carboxylic acids is 2. The third kappa shape index (κ3) is 22.1. The van der Waals surface area contributed by atoms with Crippen molar-refractivity contribution in [2.24, 2.45) is 0 Å². The predicted molar refractivity (Wildman–Crippen MR) is 126 cm³/mol. The van der Waals surface area contributed by atoms with Crippen LogP contribution >= 0.6 is 0 Å². The molecule has 0 saturated heterocycles. The third-order valence-corrected chi connectivity index (χ3v) is 4.45. The van der Waals surface area contributed by atoms with Gasteiger partial charge in [-0.2, -0.15) is 0 Å². The molecule has 7 nitrogen and oxygen atoms in total. The van der Waals surface area contributed by atoms with Crippen LogP contribution in [0.15, 0.2) is 37.1 Å². The van der Waals surface area contributed by atoms with E-state index in [1.807, 2.05) is 0 Å². The zero-order valence-corrected chi connectivity index (χ0v) is 19.4. The van der Waals surface area contributed by atoms with Gasteiger partial charge in [0.2, 0.25) is 5.91 Å². The van der Waals surface area contributed by atoms with Gasteiger partial charge in [0, 0.05) is 24.4 Å². The van der Waals surface area contributed by atoms with Gasteiger partial charge in [-0.3, -0.25) is 4.79 Å². The molecule has 7 heteroatoms. The van der Waals surface area contributed by atoms with Crippen molar-refractivity contribution < 1.29 is 24.6 Å².